The van der Waals surface area contributed by atoms with Crippen LogP contribution in [0.3, 0.4) is 0 Å². The van der Waals surface area contributed by atoms with Crippen molar-refractivity contribution in [2.75, 3.05) is 6.54 Å². The average Bonchev–Trinajstić information content (AvgIpc) is 2.96. The van der Waals surface area contributed by atoms with Crippen LogP contribution < -0.4 is 0 Å². The quantitative estimate of drug-likeness (QED) is 0.438. The maximum Gasteiger partial charge on any atom is 0.303 e. The van der Waals surface area contributed by atoms with E-state index in [9.17, 15) is 9.59 Å². The normalized spacial score (nSPS) is 16.8. The summed E-state index contributed by atoms with van der Waals surface area (Å²) < 4.78 is 1.23. The van der Waals surface area contributed by atoms with Gasteiger partial charge in [0.1, 0.15) is 4.32 Å². The second kappa shape index (κ2) is 8.10. The van der Waals surface area contributed by atoms with Crippen molar-refractivity contribution in [3.63, 3.8) is 0 Å². The van der Waals surface area contributed by atoms with Gasteiger partial charge < -0.3 is 5.11 Å². The zero-order valence-electron chi connectivity index (χ0n) is 11.6. The summed E-state index contributed by atoms with van der Waals surface area (Å²) in [7, 11) is 0. The van der Waals surface area contributed by atoms with Crippen LogP contribution in [0.5, 0.6) is 0 Å². The van der Waals surface area contributed by atoms with E-state index in [0.29, 0.717) is 26.5 Å². The fourth-order valence-electron chi connectivity index (χ4n) is 1.95. The second-order valence-electron chi connectivity index (χ2n) is 4.68. The molecule has 1 aromatic rings. The van der Waals surface area contributed by atoms with E-state index in [1.54, 1.807) is 17.0 Å². The number of aliphatic carboxylic acids is 1. The molecule has 1 saturated heterocycles. The number of carbonyl (C=O) groups excluding carboxylic acids is 1. The Labute approximate surface area is 147 Å². The number of nitrogens with zero attached hydrogens (tertiary/aromatic N) is 1. The van der Waals surface area contributed by atoms with Crippen molar-refractivity contribution in [2.45, 2.75) is 25.7 Å². The zero-order chi connectivity index (χ0) is 16.1. The Morgan fingerprint density at radius 1 is 1.36 bits per heavy atom. The number of rotatable bonds is 7. The molecule has 1 fully saturated rings. The van der Waals surface area contributed by atoms with Gasteiger partial charge in [0, 0.05) is 17.8 Å². The van der Waals surface area contributed by atoms with Gasteiger partial charge in [-0.2, -0.15) is 0 Å². The van der Waals surface area contributed by atoms with Crippen LogP contribution >= 0.6 is 46.9 Å². The molecular formula is C14H14ClNO3S3. The minimum absolute atomic E-state index is 0.0854. The van der Waals surface area contributed by atoms with Crippen LogP contribution in [0.25, 0.3) is 6.08 Å². The first-order valence-electron chi connectivity index (χ1n) is 6.70. The van der Waals surface area contributed by atoms with E-state index in [1.807, 2.05) is 6.07 Å². The topological polar surface area (TPSA) is 57.6 Å². The van der Waals surface area contributed by atoms with E-state index in [-0.39, 0.29) is 12.3 Å². The third kappa shape index (κ3) is 4.81. The number of amides is 1. The van der Waals surface area contributed by atoms with Gasteiger partial charge in [0.05, 0.1) is 9.24 Å². The first-order chi connectivity index (χ1) is 10.5. The summed E-state index contributed by atoms with van der Waals surface area (Å²) >= 11 is 13.8. The van der Waals surface area contributed by atoms with Crippen molar-refractivity contribution < 1.29 is 14.7 Å². The van der Waals surface area contributed by atoms with Gasteiger partial charge in [-0.15, -0.1) is 11.3 Å². The Kier molecular flexibility index (Phi) is 6.43. The number of carboxylic acids is 1. The summed E-state index contributed by atoms with van der Waals surface area (Å²) in [6, 6.07) is 3.66. The highest BCUT2D eigenvalue weighted by Crippen LogP contribution is 2.34. The zero-order valence-corrected chi connectivity index (χ0v) is 14.8. The third-order valence-electron chi connectivity index (χ3n) is 3.01. The minimum atomic E-state index is -0.789. The molecule has 8 heteroatoms. The Bertz CT molecular complexity index is 627. The van der Waals surface area contributed by atoms with E-state index in [1.165, 1.54) is 23.1 Å². The molecular weight excluding hydrogens is 362 g/mol. The molecule has 2 heterocycles. The largest absolute Gasteiger partial charge is 0.481 e. The third-order valence-corrected chi connectivity index (χ3v) is 5.57. The molecule has 22 heavy (non-hydrogen) atoms. The summed E-state index contributed by atoms with van der Waals surface area (Å²) in [6.45, 7) is 0.535. The van der Waals surface area contributed by atoms with E-state index in [0.717, 1.165) is 17.7 Å². The number of carboxylic acid groups (broad SMARTS) is 1. The molecule has 4 nitrogen and oxygen atoms in total. The molecule has 1 aliphatic heterocycles. The number of carbonyl (C=O) groups is 2. The van der Waals surface area contributed by atoms with Crippen molar-refractivity contribution >= 4 is 69.2 Å². The van der Waals surface area contributed by atoms with Crippen LogP contribution in [-0.4, -0.2) is 32.7 Å². The van der Waals surface area contributed by atoms with Gasteiger partial charge in [-0.1, -0.05) is 42.0 Å². The fourth-order valence-corrected chi connectivity index (χ4v) is 4.33. The Morgan fingerprint density at radius 2 is 2.14 bits per heavy atom. The standard InChI is InChI=1S/C14H14ClNO3S3/c15-11-6-5-9(21-11)8-10-13(19)16(14(20)22-10)7-3-1-2-4-12(17)18/h5-6,8H,1-4,7H2,(H,17,18)/b10-8+. The van der Waals surface area contributed by atoms with Crippen LogP contribution in [0.2, 0.25) is 4.34 Å². The molecule has 0 saturated carbocycles. The lowest BCUT2D eigenvalue weighted by molar-refractivity contribution is -0.137. The van der Waals surface area contributed by atoms with E-state index in [4.69, 9.17) is 28.9 Å². The lowest BCUT2D eigenvalue weighted by atomic mass is 10.2. The first-order valence-corrected chi connectivity index (χ1v) is 9.12. The summed E-state index contributed by atoms with van der Waals surface area (Å²) in [5.41, 5.74) is 0. The van der Waals surface area contributed by atoms with Gasteiger partial charge in [0.25, 0.3) is 5.91 Å². The van der Waals surface area contributed by atoms with Gasteiger partial charge >= 0.3 is 5.97 Å². The highest BCUT2D eigenvalue weighted by molar-refractivity contribution is 8.26. The van der Waals surface area contributed by atoms with Crippen molar-refractivity contribution in [2.24, 2.45) is 0 Å². The van der Waals surface area contributed by atoms with Crippen molar-refractivity contribution in [1.29, 1.82) is 0 Å². The summed E-state index contributed by atoms with van der Waals surface area (Å²) in [5.74, 6) is -0.874. The van der Waals surface area contributed by atoms with Crippen LogP contribution in [0.4, 0.5) is 0 Å². The predicted octanol–water partition coefficient (Wildman–Crippen LogP) is 4.25. The molecule has 0 aliphatic carbocycles. The molecule has 0 bridgehead atoms. The maximum absolute atomic E-state index is 12.3. The molecule has 0 aromatic carbocycles. The number of hydrogen-bond donors (Lipinski definition) is 1. The molecule has 0 unspecified atom stereocenters. The Hall–Kier alpha value is -0.890. The maximum atomic E-state index is 12.3. The first kappa shape index (κ1) is 17.5. The number of thiophene rings is 1. The molecule has 0 atom stereocenters. The Balaban J connectivity index is 1.89. The van der Waals surface area contributed by atoms with Gasteiger partial charge in [-0.3, -0.25) is 14.5 Å². The monoisotopic (exact) mass is 375 g/mol. The summed E-state index contributed by atoms with van der Waals surface area (Å²) in [4.78, 5) is 25.9. The second-order valence-corrected chi connectivity index (χ2v) is 8.10. The molecule has 1 N–H and O–H groups in total. The molecule has 1 aromatic heterocycles. The van der Waals surface area contributed by atoms with Crippen LogP contribution in [-0.2, 0) is 9.59 Å². The summed E-state index contributed by atoms with van der Waals surface area (Å²) in [5, 5.41) is 8.58. The van der Waals surface area contributed by atoms with Gasteiger partial charge in [0.15, 0.2) is 0 Å². The fraction of sp³-hybridized carbons (Fsp3) is 0.357. The molecule has 0 radical (unpaired) electrons. The van der Waals surface area contributed by atoms with Gasteiger partial charge in [0.2, 0.25) is 0 Å². The Morgan fingerprint density at radius 3 is 2.77 bits per heavy atom. The van der Waals surface area contributed by atoms with Crippen molar-refractivity contribution in [1.82, 2.24) is 4.90 Å². The number of thiocarbonyl (C=S) groups is 1. The minimum Gasteiger partial charge on any atom is -0.481 e. The van der Waals surface area contributed by atoms with Crippen LogP contribution in [0.1, 0.15) is 30.6 Å². The van der Waals surface area contributed by atoms with Gasteiger partial charge in [-0.05, 0) is 31.1 Å². The smallest absolute Gasteiger partial charge is 0.303 e. The summed E-state index contributed by atoms with van der Waals surface area (Å²) in [6.07, 6.45) is 4.10. The number of thioether (sulfide) groups is 1. The van der Waals surface area contributed by atoms with E-state index >= 15 is 0 Å². The van der Waals surface area contributed by atoms with E-state index in [2.05, 4.69) is 0 Å². The highest BCUT2D eigenvalue weighted by atomic mass is 35.5. The van der Waals surface area contributed by atoms with Gasteiger partial charge in [-0.25, -0.2) is 0 Å². The molecule has 2 rings (SSSR count). The van der Waals surface area contributed by atoms with Crippen molar-refractivity contribution in [3.05, 3.63) is 26.3 Å². The lowest BCUT2D eigenvalue weighted by Crippen LogP contribution is -2.29. The average molecular weight is 376 g/mol. The van der Waals surface area contributed by atoms with Crippen LogP contribution in [0.15, 0.2) is 17.0 Å². The molecule has 118 valence electrons. The van der Waals surface area contributed by atoms with Crippen molar-refractivity contribution in [3.8, 4) is 0 Å². The lowest BCUT2D eigenvalue weighted by Gasteiger charge is -2.13. The highest BCUT2D eigenvalue weighted by Gasteiger charge is 2.31. The number of unbranched alkanes of at least 4 members (excludes halogenated alkanes) is 2. The predicted molar refractivity (Wildman–Crippen MR) is 95.3 cm³/mol. The number of halogens is 1. The van der Waals surface area contributed by atoms with Crippen LogP contribution in [0, 0.1) is 0 Å². The van der Waals surface area contributed by atoms with E-state index < -0.39 is 5.97 Å². The number of hydrogen-bond acceptors (Lipinski definition) is 5. The molecule has 0 spiro atoms. The SMILES string of the molecule is O=C(O)CCCCCN1C(=O)/C(=C\c2ccc(Cl)s2)SC1=S. The molecule has 1 amide bonds. The molecule has 1 aliphatic rings.